The third-order valence-corrected chi connectivity index (χ3v) is 17.7. The van der Waals surface area contributed by atoms with E-state index in [9.17, 15) is 43.2 Å². The van der Waals surface area contributed by atoms with Crippen molar-refractivity contribution in [2.24, 2.45) is 5.92 Å². The molecular weight excluding hydrogens is 1150 g/mol. The summed E-state index contributed by atoms with van der Waals surface area (Å²) in [6, 6.07) is 0. The summed E-state index contributed by atoms with van der Waals surface area (Å²) in [5.41, 5.74) is 0. The number of hydrogen-bond donors (Lipinski definition) is 3. The summed E-state index contributed by atoms with van der Waals surface area (Å²) >= 11 is 0. The lowest BCUT2D eigenvalue weighted by Crippen LogP contribution is -2.30. The van der Waals surface area contributed by atoms with Gasteiger partial charge in [-0.3, -0.25) is 37.3 Å². The highest BCUT2D eigenvalue weighted by Gasteiger charge is 2.30. The quantitative estimate of drug-likeness (QED) is 0.0222. The van der Waals surface area contributed by atoms with Crippen LogP contribution in [-0.2, 0) is 65.4 Å². The molecule has 87 heavy (non-hydrogen) atoms. The molecule has 0 radical (unpaired) electrons. The molecule has 0 fully saturated rings. The maximum Gasteiger partial charge on any atom is 0.472 e. The monoisotopic (exact) mass is 1280 g/mol. The van der Waals surface area contributed by atoms with E-state index in [2.05, 4.69) is 34.6 Å². The fraction of sp³-hybridized carbons (Fsp3) is 0.941. The van der Waals surface area contributed by atoms with Gasteiger partial charge in [0.2, 0.25) is 0 Å². The number of carbonyl (C=O) groups is 4. The van der Waals surface area contributed by atoms with Crippen molar-refractivity contribution in [3.8, 4) is 0 Å². The summed E-state index contributed by atoms with van der Waals surface area (Å²) < 4.78 is 68.1. The topological polar surface area (TPSA) is 237 Å². The zero-order chi connectivity index (χ0) is 64.2. The Morgan fingerprint density at radius 2 is 0.529 bits per heavy atom. The minimum absolute atomic E-state index is 0.107. The number of aliphatic hydroxyl groups is 1. The van der Waals surface area contributed by atoms with Crippen molar-refractivity contribution in [1.82, 2.24) is 0 Å². The van der Waals surface area contributed by atoms with Gasteiger partial charge in [0.1, 0.15) is 19.3 Å². The first-order chi connectivity index (χ1) is 42.0. The molecule has 0 amide bonds. The van der Waals surface area contributed by atoms with Crippen LogP contribution in [0.5, 0.6) is 0 Å². The molecule has 17 nitrogen and oxygen atoms in total. The number of phosphoric acid groups is 2. The van der Waals surface area contributed by atoms with Crippen molar-refractivity contribution >= 4 is 39.5 Å². The van der Waals surface area contributed by atoms with E-state index in [0.717, 1.165) is 109 Å². The number of ether oxygens (including phenoxy) is 4. The van der Waals surface area contributed by atoms with E-state index in [1.54, 1.807) is 0 Å². The average Bonchev–Trinajstić information content (AvgIpc) is 3.69. The lowest BCUT2D eigenvalue weighted by molar-refractivity contribution is -0.161. The maximum absolute atomic E-state index is 13.0. The number of esters is 4. The van der Waals surface area contributed by atoms with Crippen molar-refractivity contribution in [3.63, 3.8) is 0 Å². The highest BCUT2D eigenvalue weighted by Crippen LogP contribution is 2.45. The molecule has 0 aromatic carbocycles. The molecule has 0 rings (SSSR count). The second-order valence-corrected chi connectivity index (χ2v) is 27.9. The van der Waals surface area contributed by atoms with E-state index in [1.807, 2.05) is 0 Å². The van der Waals surface area contributed by atoms with Crippen LogP contribution in [0.4, 0.5) is 0 Å². The van der Waals surface area contributed by atoms with Crippen molar-refractivity contribution in [2.45, 2.75) is 368 Å². The number of unbranched alkanes of at least 4 members (excludes halogenated alkanes) is 40. The standard InChI is InChI=1S/C68H132O17P2/c1-6-9-12-15-18-20-22-24-25-29-32-37-42-47-52-66(71)79-58-64(85-68(73)54-49-44-39-34-30-26-27-31-36-40-45-50-61(4)5)60-83-87(76,77)81-56-62(69)55-80-86(74,75)82-59-63(57-78-65(70)51-46-41-35-17-14-11-8-3)84-67(72)53-48-43-38-33-28-23-21-19-16-13-10-7-2/h61-64,69H,6-60H2,1-5H3,(H,74,75)(H,76,77)/t62-,63+,64+/m0/s1. The van der Waals surface area contributed by atoms with Crippen LogP contribution in [0.25, 0.3) is 0 Å². The van der Waals surface area contributed by atoms with Gasteiger partial charge in [-0.05, 0) is 31.6 Å². The first-order valence-corrected chi connectivity index (χ1v) is 38.6. The number of aliphatic hydroxyl groups excluding tert-OH is 1. The zero-order valence-corrected chi connectivity index (χ0v) is 57.9. The molecule has 0 aromatic rings. The fourth-order valence-electron chi connectivity index (χ4n) is 10.3. The van der Waals surface area contributed by atoms with E-state index >= 15 is 0 Å². The summed E-state index contributed by atoms with van der Waals surface area (Å²) in [7, 11) is -9.89. The summed E-state index contributed by atoms with van der Waals surface area (Å²) in [6.45, 7) is 7.20. The molecule has 19 heteroatoms. The van der Waals surface area contributed by atoms with E-state index < -0.39 is 97.5 Å². The number of phosphoric ester groups is 2. The average molecular weight is 1280 g/mol. The van der Waals surface area contributed by atoms with E-state index in [-0.39, 0.29) is 25.7 Å². The third kappa shape index (κ3) is 62.6. The minimum Gasteiger partial charge on any atom is -0.462 e. The van der Waals surface area contributed by atoms with E-state index in [0.29, 0.717) is 25.7 Å². The summed E-state index contributed by atoms with van der Waals surface area (Å²) in [5, 5.41) is 10.6. The molecule has 0 aliphatic heterocycles. The Morgan fingerprint density at radius 3 is 0.782 bits per heavy atom. The molecule has 0 bridgehead atoms. The summed E-state index contributed by atoms with van der Waals surface area (Å²) in [5.74, 6) is -1.36. The summed E-state index contributed by atoms with van der Waals surface area (Å²) in [6.07, 6.45) is 47.2. The van der Waals surface area contributed by atoms with Crippen molar-refractivity contribution < 1.29 is 80.2 Å². The number of carbonyl (C=O) groups excluding carboxylic acids is 4. The van der Waals surface area contributed by atoms with Gasteiger partial charge in [-0.1, -0.05) is 298 Å². The summed E-state index contributed by atoms with van der Waals surface area (Å²) in [4.78, 5) is 72.3. The van der Waals surface area contributed by atoms with Crippen LogP contribution in [0, 0.1) is 5.92 Å². The Labute approximate surface area is 530 Å². The van der Waals surface area contributed by atoms with Crippen LogP contribution >= 0.6 is 15.6 Å². The van der Waals surface area contributed by atoms with Gasteiger partial charge in [0.25, 0.3) is 0 Å². The fourth-order valence-corrected chi connectivity index (χ4v) is 11.9. The van der Waals surface area contributed by atoms with Crippen LogP contribution in [0.3, 0.4) is 0 Å². The molecule has 5 atom stereocenters. The van der Waals surface area contributed by atoms with Gasteiger partial charge in [0.05, 0.1) is 26.4 Å². The molecule has 0 aliphatic carbocycles. The molecule has 0 aromatic heterocycles. The van der Waals surface area contributed by atoms with Gasteiger partial charge in [-0.2, -0.15) is 0 Å². The van der Waals surface area contributed by atoms with Gasteiger partial charge in [-0.15, -0.1) is 0 Å². The zero-order valence-electron chi connectivity index (χ0n) is 56.2. The molecule has 3 N–H and O–H groups in total. The Morgan fingerprint density at radius 1 is 0.310 bits per heavy atom. The number of rotatable bonds is 68. The molecule has 2 unspecified atom stereocenters. The second-order valence-electron chi connectivity index (χ2n) is 25.0. The molecule has 0 spiro atoms. The van der Waals surface area contributed by atoms with E-state index in [4.69, 9.17) is 37.0 Å². The Hall–Kier alpha value is -1.94. The molecular formula is C68H132O17P2. The molecule has 0 heterocycles. The van der Waals surface area contributed by atoms with Crippen LogP contribution in [-0.4, -0.2) is 96.7 Å². The predicted octanol–water partition coefficient (Wildman–Crippen LogP) is 19.4. The number of hydrogen-bond acceptors (Lipinski definition) is 15. The van der Waals surface area contributed by atoms with Crippen LogP contribution in [0.2, 0.25) is 0 Å². The van der Waals surface area contributed by atoms with Crippen molar-refractivity contribution in [2.75, 3.05) is 39.6 Å². The smallest absolute Gasteiger partial charge is 0.462 e. The van der Waals surface area contributed by atoms with Gasteiger partial charge < -0.3 is 33.8 Å². The van der Waals surface area contributed by atoms with Crippen molar-refractivity contribution in [3.05, 3.63) is 0 Å². The van der Waals surface area contributed by atoms with Gasteiger partial charge in [-0.25, -0.2) is 9.13 Å². The Balaban J connectivity index is 5.21. The van der Waals surface area contributed by atoms with Gasteiger partial charge in [0.15, 0.2) is 12.2 Å². The van der Waals surface area contributed by atoms with Gasteiger partial charge >= 0.3 is 39.5 Å². The molecule has 0 saturated heterocycles. The Kier molecular flexibility index (Phi) is 60.2. The van der Waals surface area contributed by atoms with Crippen LogP contribution in [0.15, 0.2) is 0 Å². The highest BCUT2D eigenvalue weighted by atomic mass is 31.2. The van der Waals surface area contributed by atoms with Gasteiger partial charge in [0, 0.05) is 25.7 Å². The SMILES string of the molecule is CCCCCCCCCCCCCCCCC(=O)OC[C@H](COP(=O)(O)OC[C@@H](O)COP(=O)(O)OC[C@@H](COC(=O)CCCCCCCCC)OC(=O)CCCCCCCCCCCCCC)OC(=O)CCCCCCCCCCCCCC(C)C. The highest BCUT2D eigenvalue weighted by molar-refractivity contribution is 7.47. The normalized spacial score (nSPS) is 14.1. The first-order valence-electron chi connectivity index (χ1n) is 35.6. The third-order valence-electron chi connectivity index (χ3n) is 15.8. The minimum atomic E-state index is -4.95. The first kappa shape index (κ1) is 85.1. The van der Waals surface area contributed by atoms with Crippen LogP contribution < -0.4 is 0 Å². The second kappa shape index (κ2) is 61.6. The lowest BCUT2D eigenvalue weighted by atomic mass is 10.0. The largest absolute Gasteiger partial charge is 0.472 e. The molecule has 516 valence electrons. The Bertz CT molecular complexity index is 1690. The predicted molar refractivity (Wildman–Crippen MR) is 349 cm³/mol. The van der Waals surface area contributed by atoms with E-state index in [1.165, 1.54) is 161 Å². The van der Waals surface area contributed by atoms with Crippen LogP contribution in [0.1, 0.15) is 349 Å². The lowest BCUT2D eigenvalue weighted by Gasteiger charge is -2.21. The molecule has 0 aliphatic rings. The maximum atomic E-state index is 13.0. The van der Waals surface area contributed by atoms with Crippen molar-refractivity contribution in [1.29, 1.82) is 0 Å². The molecule has 0 saturated carbocycles.